The van der Waals surface area contributed by atoms with E-state index < -0.39 is 5.97 Å². The van der Waals surface area contributed by atoms with Gasteiger partial charge in [0.2, 0.25) is 0 Å². The van der Waals surface area contributed by atoms with Crippen LogP contribution in [0, 0.1) is 0 Å². The van der Waals surface area contributed by atoms with Crippen molar-refractivity contribution in [1.29, 1.82) is 0 Å². The molecule has 0 aliphatic rings. The maximum absolute atomic E-state index is 10.5. The van der Waals surface area contributed by atoms with Crippen LogP contribution in [0.3, 0.4) is 0 Å². The summed E-state index contributed by atoms with van der Waals surface area (Å²) in [5.74, 6) is 0.387. The first-order chi connectivity index (χ1) is 9.15. The maximum atomic E-state index is 10.5. The van der Waals surface area contributed by atoms with Crippen molar-refractivity contribution in [3.05, 3.63) is 64.6 Å². The van der Waals surface area contributed by atoms with Crippen molar-refractivity contribution in [2.75, 3.05) is 0 Å². The molecule has 0 fully saturated rings. The topological polar surface area (TPSA) is 46.5 Å². The van der Waals surface area contributed by atoms with Gasteiger partial charge in [-0.1, -0.05) is 24.3 Å². The molecule has 2 rings (SSSR count). The Hall–Kier alpha value is -2.07. The summed E-state index contributed by atoms with van der Waals surface area (Å²) in [5.41, 5.74) is 0.770. The third-order valence-electron chi connectivity index (χ3n) is 2.34. The highest BCUT2D eigenvalue weighted by Crippen LogP contribution is 2.29. The van der Waals surface area contributed by atoms with E-state index in [-0.39, 0.29) is 0 Å². The number of carboxylic acid groups (broad SMARTS) is 1. The third-order valence-corrected chi connectivity index (χ3v) is 3.00. The fraction of sp³-hybridized carbons (Fsp3) is 0. The molecule has 0 aromatic heterocycles. The van der Waals surface area contributed by atoms with Crippen LogP contribution in [0.2, 0.25) is 0 Å². The number of aliphatic carboxylic acids is 1. The number of ether oxygens (including phenoxy) is 1. The minimum atomic E-state index is -0.975. The highest BCUT2D eigenvalue weighted by Gasteiger charge is 2.01. The lowest BCUT2D eigenvalue weighted by Gasteiger charge is -2.07. The summed E-state index contributed by atoms with van der Waals surface area (Å²) in [5, 5.41) is 8.59. The molecule has 0 unspecified atom stereocenters. The Morgan fingerprint density at radius 2 is 1.95 bits per heavy atom. The standard InChI is InChI=1S/C15H11BrO3/c16-13-6-1-2-7-14(13)19-12-5-3-4-11(10-12)8-9-15(17)18/h1-10H,(H,17,18). The van der Waals surface area contributed by atoms with Gasteiger partial charge < -0.3 is 9.84 Å². The Bertz CT molecular complexity index is 620. The lowest BCUT2D eigenvalue weighted by Crippen LogP contribution is -1.87. The number of benzene rings is 2. The Balaban J connectivity index is 2.20. The van der Waals surface area contributed by atoms with Gasteiger partial charge in [0, 0.05) is 6.08 Å². The zero-order valence-corrected chi connectivity index (χ0v) is 11.5. The summed E-state index contributed by atoms with van der Waals surface area (Å²) in [6.07, 6.45) is 2.62. The van der Waals surface area contributed by atoms with Crippen molar-refractivity contribution in [3.8, 4) is 11.5 Å². The Kier molecular flexibility index (Phi) is 4.36. The summed E-state index contributed by atoms with van der Waals surface area (Å²) >= 11 is 3.41. The minimum absolute atomic E-state index is 0.652. The van der Waals surface area contributed by atoms with Crippen LogP contribution >= 0.6 is 15.9 Å². The van der Waals surface area contributed by atoms with Gasteiger partial charge in [-0.15, -0.1) is 0 Å². The quantitative estimate of drug-likeness (QED) is 0.853. The molecule has 1 N–H and O–H groups in total. The number of hydrogen-bond donors (Lipinski definition) is 1. The third kappa shape index (κ3) is 3.96. The molecule has 0 saturated carbocycles. The normalized spacial score (nSPS) is 10.6. The summed E-state index contributed by atoms with van der Waals surface area (Å²) in [6, 6.07) is 14.8. The van der Waals surface area contributed by atoms with Crippen molar-refractivity contribution in [2.24, 2.45) is 0 Å². The van der Waals surface area contributed by atoms with Gasteiger partial charge in [0.05, 0.1) is 4.47 Å². The zero-order valence-electron chi connectivity index (χ0n) is 9.92. The van der Waals surface area contributed by atoms with Crippen LogP contribution < -0.4 is 4.74 Å². The van der Waals surface area contributed by atoms with Crippen LogP contribution in [0.4, 0.5) is 0 Å². The molecule has 0 aliphatic heterocycles. The van der Waals surface area contributed by atoms with E-state index in [1.165, 1.54) is 6.08 Å². The Morgan fingerprint density at radius 3 is 2.68 bits per heavy atom. The highest BCUT2D eigenvalue weighted by molar-refractivity contribution is 9.10. The SMILES string of the molecule is O=C(O)C=Cc1cccc(Oc2ccccc2Br)c1. The van der Waals surface area contributed by atoms with Crippen LogP contribution in [0.5, 0.6) is 11.5 Å². The highest BCUT2D eigenvalue weighted by atomic mass is 79.9. The van der Waals surface area contributed by atoms with Gasteiger partial charge >= 0.3 is 5.97 Å². The van der Waals surface area contributed by atoms with Gasteiger partial charge in [0.1, 0.15) is 11.5 Å². The molecular weight excluding hydrogens is 308 g/mol. The smallest absolute Gasteiger partial charge is 0.328 e. The van der Waals surface area contributed by atoms with Crippen LogP contribution in [0.1, 0.15) is 5.56 Å². The molecule has 0 atom stereocenters. The van der Waals surface area contributed by atoms with Gasteiger partial charge in [0.25, 0.3) is 0 Å². The molecule has 0 spiro atoms. The molecule has 0 radical (unpaired) electrons. The van der Waals surface area contributed by atoms with E-state index in [9.17, 15) is 4.79 Å². The molecule has 0 heterocycles. The number of carboxylic acids is 1. The van der Waals surface area contributed by atoms with E-state index in [4.69, 9.17) is 9.84 Å². The number of rotatable bonds is 4. The molecule has 19 heavy (non-hydrogen) atoms. The zero-order chi connectivity index (χ0) is 13.7. The van der Waals surface area contributed by atoms with E-state index in [2.05, 4.69) is 15.9 Å². The second-order valence-corrected chi connectivity index (χ2v) is 4.63. The van der Waals surface area contributed by atoms with Crippen molar-refractivity contribution >= 4 is 28.0 Å². The molecule has 2 aromatic rings. The molecule has 96 valence electrons. The number of halogens is 1. The maximum Gasteiger partial charge on any atom is 0.328 e. The lowest BCUT2D eigenvalue weighted by atomic mass is 10.2. The second-order valence-electron chi connectivity index (χ2n) is 3.78. The molecule has 2 aromatic carbocycles. The van der Waals surface area contributed by atoms with Crippen molar-refractivity contribution < 1.29 is 14.6 Å². The average molecular weight is 319 g/mol. The first kappa shape index (κ1) is 13.4. The molecule has 0 aliphatic carbocycles. The fourth-order valence-corrected chi connectivity index (χ4v) is 1.87. The van der Waals surface area contributed by atoms with Crippen LogP contribution in [0.25, 0.3) is 6.08 Å². The first-order valence-electron chi connectivity index (χ1n) is 5.58. The summed E-state index contributed by atoms with van der Waals surface area (Å²) < 4.78 is 6.59. The fourth-order valence-electron chi connectivity index (χ4n) is 1.50. The largest absolute Gasteiger partial charge is 0.478 e. The van der Waals surface area contributed by atoms with E-state index in [1.807, 2.05) is 42.5 Å². The van der Waals surface area contributed by atoms with E-state index in [0.717, 1.165) is 16.1 Å². The number of carbonyl (C=O) groups is 1. The molecular formula is C15H11BrO3. The van der Waals surface area contributed by atoms with Crippen molar-refractivity contribution in [2.45, 2.75) is 0 Å². The molecule has 0 bridgehead atoms. The number of hydrogen-bond acceptors (Lipinski definition) is 2. The Morgan fingerprint density at radius 1 is 1.16 bits per heavy atom. The molecule has 4 heteroatoms. The molecule has 3 nitrogen and oxygen atoms in total. The van der Waals surface area contributed by atoms with Gasteiger partial charge in [-0.05, 0) is 51.8 Å². The summed E-state index contributed by atoms with van der Waals surface area (Å²) in [7, 11) is 0. The monoisotopic (exact) mass is 318 g/mol. The number of para-hydroxylation sites is 1. The predicted octanol–water partition coefficient (Wildman–Crippen LogP) is 4.34. The second kappa shape index (κ2) is 6.20. The van der Waals surface area contributed by atoms with Crippen LogP contribution in [-0.2, 0) is 4.79 Å². The molecule has 0 amide bonds. The average Bonchev–Trinajstić information content (AvgIpc) is 2.40. The first-order valence-corrected chi connectivity index (χ1v) is 6.38. The lowest BCUT2D eigenvalue weighted by molar-refractivity contribution is -0.131. The van der Waals surface area contributed by atoms with E-state index in [1.54, 1.807) is 6.07 Å². The Labute approximate surface area is 119 Å². The van der Waals surface area contributed by atoms with Gasteiger partial charge in [-0.3, -0.25) is 0 Å². The minimum Gasteiger partial charge on any atom is -0.478 e. The van der Waals surface area contributed by atoms with E-state index >= 15 is 0 Å². The van der Waals surface area contributed by atoms with Crippen molar-refractivity contribution in [1.82, 2.24) is 0 Å². The van der Waals surface area contributed by atoms with Crippen LogP contribution in [0.15, 0.2) is 59.1 Å². The van der Waals surface area contributed by atoms with Gasteiger partial charge in [-0.2, -0.15) is 0 Å². The predicted molar refractivity (Wildman–Crippen MR) is 77.3 cm³/mol. The summed E-state index contributed by atoms with van der Waals surface area (Å²) in [4.78, 5) is 10.5. The van der Waals surface area contributed by atoms with Gasteiger partial charge in [-0.25, -0.2) is 4.79 Å². The van der Waals surface area contributed by atoms with Gasteiger partial charge in [0.15, 0.2) is 0 Å². The summed E-state index contributed by atoms with van der Waals surface area (Å²) in [6.45, 7) is 0. The van der Waals surface area contributed by atoms with Crippen molar-refractivity contribution in [3.63, 3.8) is 0 Å². The van der Waals surface area contributed by atoms with E-state index in [0.29, 0.717) is 11.5 Å². The molecule has 0 saturated heterocycles. The van der Waals surface area contributed by atoms with Crippen LogP contribution in [-0.4, -0.2) is 11.1 Å².